The molecule has 46 heavy (non-hydrogen) atoms. The number of thiazole rings is 1. The average Bonchev–Trinajstić information content (AvgIpc) is 3.69. The van der Waals surface area contributed by atoms with E-state index in [4.69, 9.17) is 15.2 Å². The molecule has 6 rings (SSSR count). The minimum atomic E-state index is -1.19. The molecule has 2 amide bonds. The Morgan fingerprint density at radius 2 is 1.83 bits per heavy atom. The summed E-state index contributed by atoms with van der Waals surface area (Å²) in [7, 11) is 1.46. The predicted molar refractivity (Wildman–Crippen MR) is 179 cm³/mol. The Bertz CT molecular complexity index is 1650. The number of carbonyl (C=O) groups is 2. The number of hydrogen-bond donors (Lipinski definition) is 2. The van der Waals surface area contributed by atoms with Gasteiger partial charge in [0.05, 0.1) is 0 Å². The Kier molecular flexibility index (Phi) is 10.9. The van der Waals surface area contributed by atoms with Crippen LogP contribution < -0.4 is 20.7 Å². The number of piperazine rings is 1. The number of hydrogen-bond acceptors (Lipinski definition) is 9. The van der Waals surface area contributed by atoms with Gasteiger partial charge in [-0.05, 0) is 53.1 Å². The molecule has 3 aromatic carbocycles. The van der Waals surface area contributed by atoms with E-state index >= 15 is 0 Å². The van der Waals surface area contributed by atoms with Crippen molar-refractivity contribution in [2.75, 3.05) is 63.4 Å². The van der Waals surface area contributed by atoms with Crippen molar-refractivity contribution >= 4 is 46.4 Å². The van der Waals surface area contributed by atoms with Gasteiger partial charge in [-0.3, -0.25) is 19.8 Å². The van der Waals surface area contributed by atoms with Crippen molar-refractivity contribution in [1.82, 2.24) is 14.8 Å². The molecule has 4 aromatic rings. The summed E-state index contributed by atoms with van der Waals surface area (Å²) < 4.78 is 25.4. The Hall–Kier alpha value is -4.07. The molecule has 2 aliphatic heterocycles. The number of amides is 2. The van der Waals surface area contributed by atoms with E-state index in [2.05, 4.69) is 44.4 Å². The van der Waals surface area contributed by atoms with Crippen LogP contribution in [-0.4, -0.2) is 79.8 Å². The van der Waals surface area contributed by atoms with Crippen LogP contribution in [0.15, 0.2) is 72.2 Å². The summed E-state index contributed by atoms with van der Waals surface area (Å²) in [4.78, 5) is 38.1. The number of carbonyl (C=O) groups excluding carboxylic acids is 2. The molecule has 1 unspecified atom stereocenters. The molecule has 1 atom stereocenters. The van der Waals surface area contributed by atoms with Gasteiger partial charge in [0, 0.05) is 81.3 Å². The van der Waals surface area contributed by atoms with Gasteiger partial charge in [-0.2, -0.15) is 0 Å². The number of fused-ring (bicyclic) bond motifs is 1. The summed E-state index contributed by atoms with van der Waals surface area (Å²) in [6.07, 6.45) is 1.57. The Morgan fingerprint density at radius 1 is 1.07 bits per heavy atom. The number of anilines is 2. The quantitative estimate of drug-likeness (QED) is 0.220. The summed E-state index contributed by atoms with van der Waals surface area (Å²) >= 11 is 1.25. The molecule has 0 spiro atoms. The summed E-state index contributed by atoms with van der Waals surface area (Å²) in [5, 5.41) is 4.88. The molecular weight excluding hydrogens is 631 g/mol. The molecule has 1 fully saturated rings. The lowest BCUT2D eigenvalue weighted by atomic mass is 10.00. The molecule has 13 heteroatoms. The van der Waals surface area contributed by atoms with Crippen LogP contribution in [0.1, 0.15) is 27.5 Å². The zero-order valence-electron chi connectivity index (χ0n) is 25.4. The highest BCUT2D eigenvalue weighted by molar-refractivity contribution is 7.13. The van der Waals surface area contributed by atoms with Crippen LogP contribution >= 0.6 is 23.7 Å². The van der Waals surface area contributed by atoms with E-state index in [9.17, 15) is 14.0 Å². The van der Waals surface area contributed by atoms with Crippen molar-refractivity contribution in [3.8, 4) is 16.9 Å². The van der Waals surface area contributed by atoms with E-state index in [0.717, 1.165) is 55.1 Å². The standard InChI is InChI=1S/C33H35FN6O4S.ClH/c1-43-21-44-29-9-6-25(34)19-28(29)30(31(41)37-33-36-11-17-45-33)40-20-24-3-2-23(18-27(24)32(40)42)22-4-7-26(8-5-22)39-15-13-38(12-10-35)14-16-39;/h2-9,11,17-19,30H,10,12-16,20-21,35H2,1H3,(H,36,37,41);1H. The first kappa shape index (κ1) is 33.3. The zero-order chi connectivity index (χ0) is 31.3. The predicted octanol–water partition coefficient (Wildman–Crippen LogP) is 4.77. The highest BCUT2D eigenvalue weighted by Gasteiger charge is 2.39. The van der Waals surface area contributed by atoms with Crippen LogP contribution in [0.25, 0.3) is 11.1 Å². The summed E-state index contributed by atoms with van der Waals surface area (Å²) in [6, 6.07) is 16.8. The van der Waals surface area contributed by atoms with Crippen LogP contribution in [-0.2, 0) is 16.1 Å². The zero-order valence-corrected chi connectivity index (χ0v) is 27.0. The van der Waals surface area contributed by atoms with Gasteiger partial charge in [-0.25, -0.2) is 9.37 Å². The lowest BCUT2D eigenvalue weighted by molar-refractivity contribution is -0.121. The number of nitrogens with zero attached hydrogens (tertiary/aromatic N) is 4. The Morgan fingerprint density at radius 3 is 2.52 bits per heavy atom. The van der Waals surface area contributed by atoms with E-state index < -0.39 is 17.8 Å². The third-order valence-corrected chi connectivity index (χ3v) is 8.83. The fraction of sp³-hybridized carbons (Fsp3) is 0.303. The van der Waals surface area contributed by atoms with Crippen molar-refractivity contribution in [3.05, 3.63) is 94.7 Å². The molecule has 1 saturated heterocycles. The van der Waals surface area contributed by atoms with Crippen LogP contribution in [0.5, 0.6) is 5.75 Å². The number of nitrogens with two attached hydrogens (primary N) is 1. The number of ether oxygens (including phenoxy) is 2. The van der Waals surface area contributed by atoms with Gasteiger partial charge in [0.1, 0.15) is 17.6 Å². The van der Waals surface area contributed by atoms with Crippen LogP contribution in [0.3, 0.4) is 0 Å². The maximum Gasteiger partial charge on any atom is 0.255 e. The van der Waals surface area contributed by atoms with Gasteiger partial charge < -0.3 is 25.0 Å². The third-order valence-electron chi connectivity index (χ3n) is 8.15. The Labute approximate surface area is 277 Å². The average molecular weight is 667 g/mol. The lowest BCUT2D eigenvalue weighted by Crippen LogP contribution is -2.47. The molecule has 0 aliphatic carbocycles. The fourth-order valence-corrected chi connectivity index (χ4v) is 6.42. The van der Waals surface area contributed by atoms with Crippen LogP contribution in [0.4, 0.5) is 15.2 Å². The highest BCUT2D eigenvalue weighted by Crippen LogP contribution is 2.38. The SMILES string of the molecule is COCOc1ccc(F)cc1C(C(=O)Nc1nccs1)N1Cc2ccc(-c3ccc(N4CCN(CCN)CC4)cc3)cc2C1=O.Cl. The molecule has 0 bridgehead atoms. The van der Waals surface area contributed by atoms with Crippen molar-refractivity contribution in [3.63, 3.8) is 0 Å². The van der Waals surface area contributed by atoms with Crippen molar-refractivity contribution in [2.45, 2.75) is 12.6 Å². The van der Waals surface area contributed by atoms with Gasteiger partial charge >= 0.3 is 0 Å². The van der Waals surface area contributed by atoms with Gasteiger partial charge in [0.25, 0.3) is 11.8 Å². The third kappa shape index (κ3) is 7.16. The number of aromatic nitrogens is 1. The van der Waals surface area contributed by atoms with E-state index in [1.54, 1.807) is 11.6 Å². The maximum atomic E-state index is 14.6. The molecule has 3 N–H and O–H groups in total. The number of rotatable bonds is 11. The number of nitrogens with one attached hydrogen (secondary N) is 1. The Balaban J connectivity index is 0.00000417. The summed E-state index contributed by atoms with van der Waals surface area (Å²) in [5.74, 6) is -1.18. The smallest absolute Gasteiger partial charge is 0.255 e. The number of halogens is 2. The largest absolute Gasteiger partial charge is 0.467 e. The summed E-state index contributed by atoms with van der Waals surface area (Å²) in [5.41, 5.74) is 10.2. The summed E-state index contributed by atoms with van der Waals surface area (Å²) in [6.45, 7) is 5.52. The number of benzene rings is 3. The second-order valence-electron chi connectivity index (χ2n) is 10.9. The van der Waals surface area contributed by atoms with Gasteiger partial charge in [0.2, 0.25) is 0 Å². The van der Waals surface area contributed by atoms with E-state index in [1.165, 1.54) is 41.5 Å². The first-order chi connectivity index (χ1) is 21.9. The molecule has 10 nitrogen and oxygen atoms in total. The van der Waals surface area contributed by atoms with E-state index in [0.29, 0.717) is 17.2 Å². The molecule has 2 aliphatic rings. The molecule has 3 heterocycles. The first-order valence-corrected chi connectivity index (χ1v) is 15.7. The van der Waals surface area contributed by atoms with Gasteiger partial charge in [-0.1, -0.05) is 24.3 Å². The minimum absolute atomic E-state index is 0. The van der Waals surface area contributed by atoms with Gasteiger partial charge in [-0.15, -0.1) is 23.7 Å². The second-order valence-corrected chi connectivity index (χ2v) is 11.8. The molecular formula is C33H36ClFN6O4S. The van der Waals surface area contributed by atoms with Gasteiger partial charge in [0.15, 0.2) is 11.9 Å². The molecule has 0 saturated carbocycles. The maximum absolute atomic E-state index is 14.6. The fourth-order valence-electron chi connectivity index (χ4n) is 5.88. The second kappa shape index (κ2) is 15.0. The topological polar surface area (TPSA) is 113 Å². The highest BCUT2D eigenvalue weighted by atomic mass is 35.5. The number of methoxy groups -OCH3 is 1. The monoisotopic (exact) mass is 666 g/mol. The molecule has 1 aromatic heterocycles. The van der Waals surface area contributed by atoms with E-state index in [-0.39, 0.29) is 43.0 Å². The van der Waals surface area contributed by atoms with Crippen molar-refractivity contribution < 1.29 is 23.5 Å². The normalized spacial score (nSPS) is 15.3. The lowest BCUT2D eigenvalue weighted by Gasteiger charge is -2.36. The van der Waals surface area contributed by atoms with Crippen molar-refractivity contribution in [2.24, 2.45) is 5.73 Å². The molecule has 0 radical (unpaired) electrons. The molecule has 242 valence electrons. The van der Waals surface area contributed by atoms with E-state index in [1.807, 2.05) is 18.2 Å². The van der Waals surface area contributed by atoms with Crippen LogP contribution in [0, 0.1) is 5.82 Å². The first-order valence-electron chi connectivity index (χ1n) is 14.8. The minimum Gasteiger partial charge on any atom is -0.467 e. The van der Waals surface area contributed by atoms with Crippen LogP contribution in [0.2, 0.25) is 0 Å². The van der Waals surface area contributed by atoms with Crippen molar-refractivity contribution in [1.29, 1.82) is 0 Å².